The molecule has 110 valence electrons. The maximum absolute atomic E-state index is 11.3. The van der Waals surface area contributed by atoms with Crippen molar-refractivity contribution in [1.29, 1.82) is 0 Å². The first kappa shape index (κ1) is 17.2. The number of carbonyl (C=O) groups excluding carboxylic acids is 1. The lowest BCUT2D eigenvalue weighted by Crippen LogP contribution is -2.05. The number of ether oxygens (including phenoxy) is 2. The van der Waals surface area contributed by atoms with E-state index in [-0.39, 0.29) is 0 Å². The lowest BCUT2D eigenvalue weighted by atomic mass is 10.2. The van der Waals surface area contributed by atoms with Crippen LogP contribution in [0.3, 0.4) is 0 Å². The fourth-order valence-corrected chi connectivity index (χ4v) is 5.46. The molecule has 1 aromatic carbocycles. The van der Waals surface area contributed by atoms with Gasteiger partial charge in [-0.2, -0.15) is 0 Å². The number of methoxy groups -OCH3 is 1. The van der Waals surface area contributed by atoms with Gasteiger partial charge < -0.3 is 9.47 Å². The Kier molecular flexibility index (Phi) is 6.47. The Hall–Kier alpha value is -0.170. The van der Waals surface area contributed by atoms with Crippen molar-refractivity contribution in [3.05, 3.63) is 52.4 Å². The molecule has 0 aliphatic rings. The fourth-order valence-electron chi connectivity index (χ4n) is 1.56. The molecule has 2 rings (SSSR count). The largest absolute Gasteiger partial charge is 0.485 e. The van der Waals surface area contributed by atoms with Crippen molar-refractivity contribution in [3.63, 3.8) is 0 Å². The smallest absolute Gasteiger partial charge is 0.339 e. The molecule has 0 spiro atoms. The maximum Gasteiger partial charge on any atom is 0.339 e. The number of hydrogen-bond donors (Lipinski definition) is 0. The van der Waals surface area contributed by atoms with Gasteiger partial charge in [-0.1, -0.05) is 0 Å². The summed E-state index contributed by atoms with van der Waals surface area (Å²) >= 11 is 6.79. The van der Waals surface area contributed by atoms with E-state index in [1.807, 2.05) is 0 Å². The minimum Gasteiger partial charge on any atom is -0.485 e. The number of carbonyl (C=O) groups is 1. The van der Waals surface area contributed by atoms with Crippen molar-refractivity contribution in [2.45, 2.75) is 6.61 Å². The Morgan fingerprint density at radius 2 is 1.86 bits per heavy atom. The van der Waals surface area contributed by atoms with Gasteiger partial charge in [-0.05, 0) is 92.0 Å². The van der Waals surface area contributed by atoms with E-state index in [0.29, 0.717) is 12.2 Å². The topological polar surface area (TPSA) is 48.4 Å². The predicted molar refractivity (Wildman–Crippen MR) is 105 cm³/mol. The molecular formula is C14H10I3NO3. The van der Waals surface area contributed by atoms with Crippen LogP contribution in [-0.4, -0.2) is 18.1 Å². The van der Waals surface area contributed by atoms with Crippen LogP contribution in [0.2, 0.25) is 0 Å². The summed E-state index contributed by atoms with van der Waals surface area (Å²) in [4.78, 5) is 15.5. The van der Waals surface area contributed by atoms with Crippen molar-refractivity contribution in [3.8, 4) is 5.75 Å². The van der Waals surface area contributed by atoms with Gasteiger partial charge in [0.15, 0.2) is 0 Å². The van der Waals surface area contributed by atoms with E-state index in [9.17, 15) is 4.79 Å². The number of benzene rings is 1. The van der Waals surface area contributed by atoms with Gasteiger partial charge in [0.05, 0.1) is 25.5 Å². The summed E-state index contributed by atoms with van der Waals surface area (Å²) in [7, 11) is 1.35. The second-order valence-corrected chi connectivity index (χ2v) is 7.59. The SMILES string of the molecule is COC(=O)c1ccc(COc2c(I)cc(I)cc2I)nc1. The zero-order valence-electron chi connectivity index (χ0n) is 10.9. The van der Waals surface area contributed by atoms with Gasteiger partial charge in [0.25, 0.3) is 0 Å². The van der Waals surface area contributed by atoms with E-state index in [2.05, 4.69) is 89.6 Å². The van der Waals surface area contributed by atoms with Gasteiger partial charge in [-0.15, -0.1) is 0 Å². The lowest BCUT2D eigenvalue weighted by Gasteiger charge is -2.10. The average Bonchev–Trinajstić information content (AvgIpc) is 2.46. The Bertz CT molecular complexity index is 636. The van der Waals surface area contributed by atoms with Crippen molar-refractivity contribution >= 4 is 73.7 Å². The summed E-state index contributed by atoms with van der Waals surface area (Å²) in [5.74, 6) is 0.465. The molecule has 0 fully saturated rings. The zero-order chi connectivity index (χ0) is 15.4. The van der Waals surface area contributed by atoms with Crippen molar-refractivity contribution in [2.24, 2.45) is 0 Å². The van der Waals surface area contributed by atoms with Gasteiger partial charge in [-0.25, -0.2) is 4.79 Å². The van der Waals surface area contributed by atoms with Crippen LogP contribution in [0.25, 0.3) is 0 Å². The lowest BCUT2D eigenvalue weighted by molar-refractivity contribution is 0.0600. The zero-order valence-corrected chi connectivity index (χ0v) is 17.4. The third kappa shape index (κ3) is 4.65. The first-order valence-electron chi connectivity index (χ1n) is 5.82. The van der Waals surface area contributed by atoms with Gasteiger partial charge in [0.1, 0.15) is 12.4 Å². The van der Waals surface area contributed by atoms with Gasteiger partial charge in [0, 0.05) is 9.77 Å². The van der Waals surface area contributed by atoms with Crippen LogP contribution in [0.4, 0.5) is 0 Å². The van der Waals surface area contributed by atoms with E-state index < -0.39 is 5.97 Å². The molecule has 0 amide bonds. The first-order chi connectivity index (χ1) is 10.0. The highest BCUT2D eigenvalue weighted by atomic mass is 127. The van der Waals surface area contributed by atoms with Crippen LogP contribution in [0.15, 0.2) is 30.5 Å². The van der Waals surface area contributed by atoms with E-state index in [4.69, 9.17) is 4.74 Å². The quantitative estimate of drug-likeness (QED) is 0.379. The van der Waals surface area contributed by atoms with Gasteiger partial charge in [0.2, 0.25) is 0 Å². The monoisotopic (exact) mass is 621 g/mol. The minimum atomic E-state index is -0.392. The highest BCUT2D eigenvalue weighted by Crippen LogP contribution is 2.30. The van der Waals surface area contributed by atoms with Gasteiger partial charge >= 0.3 is 5.97 Å². The molecule has 0 saturated heterocycles. The molecule has 0 N–H and O–H groups in total. The van der Waals surface area contributed by atoms with E-state index in [1.54, 1.807) is 12.1 Å². The predicted octanol–water partition coefficient (Wildman–Crippen LogP) is 4.26. The number of esters is 1. The van der Waals surface area contributed by atoms with Crippen molar-refractivity contribution < 1.29 is 14.3 Å². The first-order valence-corrected chi connectivity index (χ1v) is 9.05. The summed E-state index contributed by atoms with van der Waals surface area (Å²) in [5.41, 5.74) is 1.19. The molecule has 7 heteroatoms. The molecule has 0 radical (unpaired) electrons. The normalized spacial score (nSPS) is 10.3. The van der Waals surface area contributed by atoms with E-state index >= 15 is 0 Å². The molecule has 4 nitrogen and oxygen atoms in total. The molecular weight excluding hydrogens is 611 g/mol. The van der Waals surface area contributed by atoms with Crippen LogP contribution in [0, 0.1) is 10.7 Å². The summed E-state index contributed by atoms with van der Waals surface area (Å²) < 4.78 is 13.8. The number of hydrogen-bond acceptors (Lipinski definition) is 4. The Balaban J connectivity index is 2.08. The summed E-state index contributed by atoms with van der Waals surface area (Å²) in [6, 6.07) is 7.57. The number of pyridine rings is 1. The number of aromatic nitrogens is 1. The van der Waals surface area contributed by atoms with Crippen LogP contribution in [0.1, 0.15) is 16.1 Å². The molecule has 1 heterocycles. The summed E-state index contributed by atoms with van der Waals surface area (Å²) in [6.07, 6.45) is 1.49. The number of halogens is 3. The van der Waals surface area contributed by atoms with Gasteiger partial charge in [-0.3, -0.25) is 4.98 Å². The average molecular weight is 621 g/mol. The van der Waals surface area contributed by atoms with Crippen molar-refractivity contribution in [1.82, 2.24) is 4.98 Å². The van der Waals surface area contributed by atoms with Crippen LogP contribution >= 0.6 is 67.8 Å². The highest BCUT2D eigenvalue weighted by Gasteiger charge is 2.10. The van der Waals surface area contributed by atoms with Crippen LogP contribution < -0.4 is 4.74 Å². The number of rotatable bonds is 4. The molecule has 0 unspecified atom stereocenters. The van der Waals surface area contributed by atoms with E-state index in [1.165, 1.54) is 16.9 Å². The molecule has 0 saturated carbocycles. The second kappa shape index (κ2) is 7.90. The van der Waals surface area contributed by atoms with E-state index in [0.717, 1.165) is 18.6 Å². The summed E-state index contributed by atoms with van der Waals surface area (Å²) in [6.45, 7) is 0.355. The molecule has 0 aliphatic carbocycles. The molecule has 0 atom stereocenters. The third-order valence-electron chi connectivity index (χ3n) is 2.57. The molecule has 2 aromatic rings. The standard InChI is InChI=1S/C14H10I3NO3/c1-20-14(19)8-2-3-10(18-6-8)7-21-13-11(16)4-9(15)5-12(13)17/h2-6H,7H2,1H3. The second-order valence-electron chi connectivity index (χ2n) is 4.02. The van der Waals surface area contributed by atoms with Crippen molar-refractivity contribution in [2.75, 3.05) is 7.11 Å². The fraction of sp³-hybridized carbons (Fsp3) is 0.143. The number of nitrogens with zero attached hydrogens (tertiary/aromatic N) is 1. The Morgan fingerprint density at radius 1 is 1.19 bits per heavy atom. The molecule has 0 aliphatic heterocycles. The maximum atomic E-state index is 11.3. The molecule has 1 aromatic heterocycles. The van der Waals surface area contributed by atoms with Crippen LogP contribution in [-0.2, 0) is 11.3 Å². The Labute approximate surface area is 163 Å². The molecule has 21 heavy (non-hydrogen) atoms. The third-order valence-corrected chi connectivity index (χ3v) is 4.80. The Morgan fingerprint density at radius 3 is 2.38 bits per heavy atom. The summed E-state index contributed by atoms with van der Waals surface area (Å²) in [5, 5.41) is 0. The van der Waals surface area contributed by atoms with Crippen LogP contribution in [0.5, 0.6) is 5.75 Å². The minimum absolute atomic E-state index is 0.355. The highest BCUT2D eigenvalue weighted by molar-refractivity contribution is 14.1. The molecule has 0 bridgehead atoms.